The van der Waals surface area contributed by atoms with Crippen molar-refractivity contribution >= 4 is 12.0 Å². The maximum Gasteiger partial charge on any atom is 0.317 e. The molecule has 2 heterocycles. The Kier molecular flexibility index (Phi) is 4.03. The predicted molar refractivity (Wildman–Crippen MR) is 63.0 cm³/mol. The fourth-order valence-corrected chi connectivity index (χ4v) is 2.38. The Bertz CT molecular complexity index is 336. The van der Waals surface area contributed by atoms with Crippen molar-refractivity contribution in [3.05, 3.63) is 0 Å². The molecule has 7 heteroatoms. The summed E-state index contributed by atoms with van der Waals surface area (Å²) >= 11 is 0. The van der Waals surface area contributed by atoms with Gasteiger partial charge in [-0.3, -0.25) is 4.79 Å². The maximum atomic E-state index is 12.0. The number of hydrogen-bond acceptors (Lipinski definition) is 4. The van der Waals surface area contributed by atoms with Gasteiger partial charge in [-0.15, -0.1) is 0 Å². The summed E-state index contributed by atoms with van der Waals surface area (Å²) in [6.07, 6.45) is 1.81. The molecule has 2 saturated heterocycles. The van der Waals surface area contributed by atoms with Crippen molar-refractivity contribution in [2.75, 3.05) is 26.3 Å². The van der Waals surface area contributed by atoms with E-state index in [9.17, 15) is 9.59 Å². The van der Waals surface area contributed by atoms with Gasteiger partial charge in [-0.25, -0.2) is 4.79 Å². The van der Waals surface area contributed by atoms with E-state index in [1.54, 1.807) is 4.90 Å². The highest BCUT2D eigenvalue weighted by molar-refractivity contribution is 5.77. The fourth-order valence-electron chi connectivity index (χ4n) is 2.38. The average molecular weight is 257 g/mol. The number of nitrogens with two attached hydrogens (primary N) is 1. The van der Waals surface area contributed by atoms with Crippen LogP contribution in [-0.4, -0.2) is 60.4 Å². The summed E-state index contributed by atoms with van der Waals surface area (Å²) < 4.78 is 5.10. The van der Waals surface area contributed by atoms with E-state index < -0.39 is 17.9 Å². The van der Waals surface area contributed by atoms with Gasteiger partial charge < -0.3 is 25.8 Å². The molecule has 102 valence electrons. The summed E-state index contributed by atoms with van der Waals surface area (Å²) in [6, 6.07) is -0.681. The van der Waals surface area contributed by atoms with Crippen molar-refractivity contribution in [2.45, 2.75) is 24.9 Å². The summed E-state index contributed by atoms with van der Waals surface area (Å²) in [6.45, 7) is 1.60. The second kappa shape index (κ2) is 5.53. The molecule has 3 atom stereocenters. The molecule has 7 nitrogen and oxygen atoms in total. The van der Waals surface area contributed by atoms with Gasteiger partial charge in [0.15, 0.2) is 0 Å². The molecule has 2 amide bonds. The van der Waals surface area contributed by atoms with Gasteiger partial charge in [-0.2, -0.15) is 0 Å². The minimum absolute atomic E-state index is 0.0135. The molecule has 2 aliphatic rings. The van der Waals surface area contributed by atoms with Gasteiger partial charge >= 0.3 is 12.0 Å². The van der Waals surface area contributed by atoms with Crippen LogP contribution in [-0.2, 0) is 9.53 Å². The van der Waals surface area contributed by atoms with Crippen LogP contribution in [0.3, 0.4) is 0 Å². The number of urea groups is 1. The molecule has 2 rings (SSSR count). The van der Waals surface area contributed by atoms with Crippen LogP contribution in [0.25, 0.3) is 0 Å². The first kappa shape index (κ1) is 13.1. The first-order valence-electron chi connectivity index (χ1n) is 6.19. The number of nitrogens with one attached hydrogen (secondary N) is 1. The Morgan fingerprint density at radius 2 is 2.17 bits per heavy atom. The van der Waals surface area contributed by atoms with E-state index in [1.807, 2.05) is 0 Å². The topological polar surface area (TPSA) is 105 Å². The zero-order valence-corrected chi connectivity index (χ0v) is 10.2. The van der Waals surface area contributed by atoms with E-state index in [0.29, 0.717) is 13.1 Å². The molecule has 4 N–H and O–H groups in total. The third kappa shape index (κ3) is 2.91. The van der Waals surface area contributed by atoms with Crippen LogP contribution in [0.5, 0.6) is 0 Å². The van der Waals surface area contributed by atoms with E-state index in [0.717, 1.165) is 12.8 Å². The number of carboxylic acid groups (broad SMARTS) is 1. The van der Waals surface area contributed by atoms with E-state index in [4.69, 9.17) is 15.6 Å². The third-order valence-electron chi connectivity index (χ3n) is 3.45. The number of carbonyl (C=O) groups excluding carboxylic acids is 1. The monoisotopic (exact) mass is 257 g/mol. The first-order valence-corrected chi connectivity index (χ1v) is 6.19. The quantitative estimate of drug-likeness (QED) is 0.602. The number of hydrogen-bond donors (Lipinski definition) is 3. The number of carboxylic acids is 1. The van der Waals surface area contributed by atoms with Crippen molar-refractivity contribution in [2.24, 2.45) is 11.7 Å². The lowest BCUT2D eigenvalue weighted by Crippen LogP contribution is -2.53. The third-order valence-corrected chi connectivity index (χ3v) is 3.45. The highest BCUT2D eigenvalue weighted by atomic mass is 16.5. The van der Waals surface area contributed by atoms with Crippen molar-refractivity contribution in [3.8, 4) is 0 Å². The molecule has 18 heavy (non-hydrogen) atoms. The number of aliphatic carboxylic acids is 1. The van der Waals surface area contributed by atoms with Crippen molar-refractivity contribution in [1.82, 2.24) is 10.2 Å². The lowest BCUT2D eigenvalue weighted by atomic mass is 10.0. The molecular formula is C11H19N3O4. The maximum absolute atomic E-state index is 12.0. The number of carbonyl (C=O) groups is 2. The molecular weight excluding hydrogens is 238 g/mol. The molecule has 2 aliphatic heterocycles. The molecule has 0 aromatic heterocycles. The van der Waals surface area contributed by atoms with Gasteiger partial charge in [-0.05, 0) is 12.8 Å². The van der Waals surface area contributed by atoms with Gasteiger partial charge in [-0.1, -0.05) is 0 Å². The first-order chi connectivity index (χ1) is 8.58. The lowest BCUT2D eigenvalue weighted by molar-refractivity contribution is -0.142. The summed E-state index contributed by atoms with van der Waals surface area (Å²) in [4.78, 5) is 24.6. The molecule has 0 radical (unpaired) electrons. The zero-order chi connectivity index (χ0) is 13.1. The van der Waals surface area contributed by atoms with Crippen LogP contribution >= 0.6 is 0 Å². The minimum Gasteiger partial charge on any atom is -0.481 e. The Hall–Kier alpha value is -1.34. The standard InChI is InChI=1S/C11H19N3O4/c12-7-2-1-3-14(4-7)11(17)13-9-6-18-5-8(9)10(15)16/h7-9H,1-6,12H2,(H,13,17)(H,15,16). The number of amides is 2. The molecule has 0 saturated carbocycles. The van der Waals surface area contributed by atoms with E-state index in [1.165, 1.54) is 0 Å². The number of likely N-dealkylation sites (tertiary alicyclic amines) is 1. The van der Waals surface area contributed by atoms with Crippen molar-refractivity contribution in [1.29, 1.82) is 0 Å². The number of rotatable bonds is 2. The Morgan fingerprint density at radius 1 is 1.39 bits per heavy atom. The van der Waals surface area contributed by atoms with Crippen LogP contribution < -0.4 is 11.1 Å². The smallest absolute Gasteiger partial charge is 0.317 e. The largest absolute Gasteiger partial charge is 0.481 e. The summed E-state index contributed by atoms with van der Waals surface area (Å²) in [5.74, 6) is -1.60. The van der Waals surface area contributed by atoms with Gasteiger partial charge in [0.2, 0.25) is 0 Å². The minimum atomic E-state index is -0.937. The molecule has 0 aromatic carbocycles. The van der Waals surface area contributed by atoms with Gasteiger partial charge in [0.1, 0.15) is 5.92 Å². The molecule has 0 spiro atoms. The Balaban J connectivity index is 1.88. The van der Waals surface area contributed by atoms with E-state index in [-0.39, 0.29) is 25.3 Å². The van der Waals surface area contributed by atoms with Crippen LogP contribution in [0.4, 0.5) is 4.79 Å². The predicted octanol–water partition coefficient (Wildman–Crippen LogP) is -0.781. The van der Waals surface area contributed by atoms with Gasteiger partial charge in [0.25, 0.3) is 0 Å². The number of piperidine rings is 1. The van der Waals surface area contributed by atoms with E-state index >= 15 is 0 Å². The molecule has 0 aromatic rings. The molecule has 0 aliphatic carbocycles. The average Bonchev–Trinajstić information content (AvgIpc) is 2.77. The Morgan fingerprint density at radius 3 is 2.83 bits per heavy atom. The number of nitrogens with zero attached hydrogens (tertiary/aromatic N) is 1. The fraction of sp³-hybridized carbons (Fsp3) is 0.818. The van der Waals surface area contributed by atoms with Crippen LogP contribution in [0.2, 0.25) is 0 Å². The van der Waals surface area contributed by atoms with Crippen LogP contribution in [0.15, 0.2) is 0 Å². The summed E-state index contributed by atoms with van der Waals surface area (Å²) in [7, 11) is 0. The highest BCUT2D eigenvalue weighted by Crippen LogP contribution is 2.15. The molecule has 3 unspecified atom stereocenters. The van der Waals surface area contributed by atoms with E-state index in [2.05, 4.69) is 5.32 Å². The second-order valence-corrected chi connectivity index (χ2v) is 4.89. The number of ether oxygens (including phenoxy) is 1. The van der Waals surface area contributed by atoms with Gasteiger partial charge in [0.05, 0.1) is 19.3 Å². The highest BCUT2D eigenvalue weighted by Gasteiger charge is 2.36. The Labute approximate surface area is 105 Å². The van der Waals surface area contributed by atoms with Crippen LogP contribution in [0.1, 0.15) is 12.8 Å². The van der Waals surface area contributed by atoms with Gasteiger partial charge in [0, 0.05) is 19.1 Å². The molecule has 0 bridgehead atoms. The zero-order valence-electron chi connectivity index (χ0n) is 10.2. The normalized spacial score (nSPS) is 32.3. The SMILES string of the molecule is NC1CCCN(C(=O)NC2COCC2C(=O)O)C1. The van der Waals surface area contributed by atoms with Crippen LogP contribution in [0, 0.1) is 5.92 Å². The van der Waals surface area contributed by atoms with Crippen molar-refractivity contribution in [3.63, 3.8) is 0 Å². The molecule has 2 fully saturated rings. The van der Waals surface area contributed by atoms with Crippen molar-refractivity contribution < 1.29 is 19.4 Å². The lowest BCUT2D eigenvalue weighted by Gasteiger charge is -2.32. The summed E-state index contributed by atoms with van der Waals surface area (Å²) in [5, 5.41) is 11.7. The summed E-state index contributed by atoms with van der Waals surface area (Å²) in [5.41, 5.74) is 5.81. The second-order valence-electron chi connectivity index (χ2n) is 4.89.